The van der Waals surface area contributed by atoms with Gasteiger partial charge in [0.25, 0.3) is 0 Å². The molecule has 2 heterocycles. The van der Waals surface area contributed by atoms with Crippen molar-refractivity contribution in [3.8, 4) is 0 Å². The molecule has 0 amide bonds. The lowest BCUT2D eigenvalue weighted by Gasteiger charge is -2.36. The molecule has 33 heavy (non-hydrogen) atoms. The fourth-order valence-electron chi connectivity index (χ4n) is 4.49. The molecule has 1 aliphatic carbocycles. The van der Waals surface area contributed by atoms with Gasteiger partial charge in [-0.15, -0.1) is 10.2 Å². The average molecular weight is 451 g/mol. The Morgan fingerprint density at radius 1 is 1.24 bits per heavy atom. The maximum absolute atomic E-state index is 12.1. The monoisotopic (exact) mass is 450 g/mol. The summed E-state index contributed by atoms with van der Waals surface area (Å²) in [5.74, 6) is 1.78. The highest BCUT2D eigenvalue weighted by atomic mass is 16.1. The summed E-state index contributed by atoms with van der Waals surface area (Å²) in [7, 11) is 0. The predicted octanol–water partition coefficient (Wildman–Crippen LogP) is 7.37. The molecule has 2 unspecified atom stereocenters. The Morgan fingerprint density at radius 2 is 1.97 bits per heavy atom. The Balaban J connectivity index is 0.00000187. The van der Waals surface area contributed by atoms with Gasteiger partial charge in [0, 0.05) is 12.1 Å². The van der Waals surface area contributed by atoms with Crippen LogP contribution in [0.2, 0.25) is 0 Å². The third-order valence-corrected chi connectivity index (χ3v) is 6.52. The van der Waals surface area contributed by atoms with Crippen molar-refractivity contribution in [2.24, 2.45) is 10.4 Å². The van der Waals surface area contributed by atoms with E-state index in [1.807, 2.05) is 33.8 Å². The van der Waals surface area contributed by atoms with Gasteiger partial charge >= 0.3 is 0 Å². The van der Waals surface area contributed by atoms with Crippen LogP contribution >= 0.6 is 0 Å². The first-order valence-electron chi connectivity index (χ1n) is 12.5. The molecule has 1 aliphatic heterocycles. The summed E-state index contributed by atoms with van der Waals surface area (Å²) in [4.78, 5) is 17.4. The zero-order valence-electron chi connectivity index (χ0n) is 21.9. The molecule has 5 nitrogen and oxygen atoms in total. The second-order valence-electron chi connectivity index (χ2n) is 9.07. The molecule has 0 radical (unpaired) electrons. The number of carbonyl (C=O) groups is 1. The third kappa shape index (κ3) is 6.07. The Hall–Kier alpha value is -2.56. The normalized spacial score (nSPS) is 23.1. The summed E-state index contributed by atoms with van der Waals surface area (Å²) < 4.78 is 2.19. The predicted molar refractivity (Wildman–Crippen MR) is 139 cm³/mol. The van der Waals surface area contributed by atoms with E-state index in [1.54, 1.807) is 6.92 Å². The van der Waals surface area contributed by atoms with Gasteiger partial charge in [0.1, 0.15) is 17.6 Å². The van der Waals surface area contributed by atoms with Gasteiger partial charge in [0.2, 0.25) is 0 Å². The SMILES string of the molecule is CC.C\C=C/C=C(\C=C/CC)C1=NC(CC(C)=O)c2nnc(C)n2C2=C1CC(C)(CC)CC2. The molecular weight excluding hydrogens is 408 g/mol. The van der Waals surface area contributed by atoms with Crippen LogP contribution in [0.3, 0.4) is 0 Å². The summed E-state index contributed by atoms with van der Waals surface area (Å²) in [5.41, 5.74) is 4.88. The van der Waals surface area contributed by atoms with Gasteiger partial charge in [-0.05, 0) is 63.0 Å². The van der Waals surface area contributed by atoms with E-state index in [9.17, 15) is 4.79 Å². The van der Waals surface area contributed by atoms with E-state index in [2.05, 4.69) is 59.8 Å². The Morgan fingerprint density at radius 3 is 2.58 bits per heavy atom. The lowest BCUT2D eigenvalue weighted by Crippen LogP contribution is -2.26. The fraction of sp³-hybridized carbons (Fsp3) is 0.571. The first-order valence-corrected chi connectivity index (χ1v) is 12.5. The average Bonchev–Trinajstić information content (AvgIpc) is 3.13. The van der Waals surface area contributed by atoms with Crippen LogP contribution in [0.25, 0.3) is 5.70 Å². The van der Waals surface area contributed by atoms with Crippen LogP contribution in [0.1, 0.15) is 105 Å². The number of fused-ring (bicyclic) bond motifs is 2. The van der Waals surface area contributed by atoms with Crippen LogP contribution in [-0.4, -0.2) is 26.3 Å². The molecule has 0 bridgehead atoms. The van der Waals surface area contributed by atoms with Gasteiger partial charge in [0.15, 0.2) is 5.82 Å². The summed E-state index contributed by atoms with van der Waals surface area (Å²) in [5, 5.41) is 8.86. The minimum atomic E-state index is -0.323. The number of rotatable bonds is 7. The van der Waals surface area contributed by atoms with Gasteiger partial charge in [0.05, 0.1) is 5.71 Å². The van der Waals surface area contributed by atoms with Crippen LogP contribution in [0.4, 0.5) is 0 Å². The Kier molecular flexibility index (Phi) is 9.75. The van der Waals surface area contributed by atoms with Crippen molar-refractivity contribution in [3.05, 3.63) is 53.2 Å². The smallest absolute Gasteiger partial charge is 0.162 e. The van der Waals surface area contributed by atoms with E-state index in [1.165, 1.54) is 11.3 Å². The third-order valence-electron chi connectivity index (χ3n) is 6.52. The van der Waals surface area contributed by atoms with Crippen molar-refractivity contribution in [1.29, 1.82) is 0 Å². The number of ketones is 1. The molecule has 5 heteroatoms. The molecule has 2 aliphatic rings. The number of hydrogen-bond donors (Lipinski definition) is 0. The quantitative estimate of drug-likeness (QED) is 0.407. The minimum absolute atomic E-state index is 0.113. The first kappa shape index (κ1) is 26.7. The van der Waals surface area contributed by atoms with Gasteiger partial charge in [-0.1, -0.05) is 71.4 Å². The van der Waals surface area contributed by atoms with E-state index < -0.39 is 0 Å². The number of aliphatic imine (C=N–C) groups is 1. The zero-order valence-corrected chi connectivity index (χ0v) is 21.9. The van der Waals surface area contributed by atoms with Crippen LogP contribution < -0.4 is 0 Å². The highest BCUT2D eigenvalue weighted by Crippen LogP contribution is 2.46. The second-order valence-corrected chi connectivity index (χ2v) is 9.07. The van der Waals surface area contributed by atoms with Crippen molar-refractivity contribution in [3.63, 3.8) is 0 Å². The van der Waals surface area contributed by atoms with Gasteiger partial charge < -0.3 is 0 Å². The topological polar surface area (TPSA) is 60.1 Å². The number of allylic oxidation sites excluding steroid dienone is 8. The lowest BCUT2D eigenvalue weighted by molar-refractivity contribution is -0.117. The summed E-state index contributed by atoms with van der Waals surface area (Å²) in [6.45, 7) is 16.4. The highest BCUT2D eigenvalue weighted by molar-refractivity contribution is 6.17. The van der Waals surface area contributed by atoms with Crippen molar-refractivity contribution >= 4 is 17.2 Å². The maximum Gasteiger partial charge on any atom is 0.162 e. The zero-order chi connectivity index (χ0) is 24.6. The van der Waals surface area contributed by atoms with E-state index in [0.29, 0.717) is 6.42 Å². The van der Waals surface area contributed by atoms with Crippen molar-refractivity contribution in [1.82, 2.24) is 14.8 Å². The number of carbonyl (C=O) groups excluding carboxylic acids is 1. The number of aromatic nitrogens is 3. The fourth-order valence-corrected chi connectivity index (χ4v) is 4.49. The van der Waals surface area contributed by atoms with Crippen LogP contribution in [0, 0.1) is 12.3 Å². The number of Topliss-reactive ketones (excluding diaryl/α,β-unsaturated/α-hetero) is 1. The molecular formula is C28H42N4O. The molecule has 3 rings (SSSR count). The van der Waals surface area contributed by atoms with Crippen molar-refractivity contribution in [2.45, 2.75) is 100.0 Å². The van der Waals surface area contributed by atoms with Gasteiger partial charge in [-0.25, -0.2) is 0 Å². The minimum Gasteiger partial charge on any atom is -0.300 e. The van der Waals surface area contributed by atoms with Crippen LogP contribution in [0.15, 0.2) is 46.5 Å². The molecule has 0 saturated heterocycles. The van der Waals surface area contributed by atoms with Crippen LogP contribution in [-0.2, 0) is 4.79 Å². The van der Waals surface area contributed by atoms with Crippen molar-refractivity contribution < 1.29 is 4.79 Å². The lowest BCUT2D eigenvalue weighted by atomic mass is 9.71. The number of nitrogens with zero attached hydrogens (tertiary/aromatic N) is 4. The highest BCUT2D eigenvalue weighted by Gasteiger charge is 2.37. The molecule has 0 saturated carbocycles. The molecule has 180 valence electrons. The first-order chi connectivity index (χ1) is 15.8. The largest absolute Gasteiger partial charge is 0.300 e. The standard InChI is InChI=1S/C26H36N4O.C2H6/c1-7-10-12-20(13-11-8-2)24-21-17-26(6,9-3)15-14-23(21)30-19(5)28-29-25(30)22(27-24)16-18(4)31;1-2/h7,10-13,22H,8-9,14-17H2,1-6H3;1-2H3/b10-7-,13-11-,20-12+;. The maximum atomic E-state index is 12.1. The molecule has 1 aromatic heterocycles. The van der Waals surface area contributed by atoms with Crippen molar-refractivity contribution in [2.75, 3.05) is 0 Å². The van der Waals surface area contributed by atoms with E-state index in [0.717, 1.165) is 55.0 Å². The molecule has 1 aromatic rings. The summed E-state index contributed by atoms with van der Waals surface area (Å²) in [6.07, 6.45) is 16.1. The molecule has 0 aromatic carbocycles. The molecule has 0 N–H and O–H groups in total. The number of hydrogen-bond acceptors (Lipinski definition) is 4. The summed E-state index contributed by atoms with van der Waals surface area (Å²) >= 11 is 0. The second kappa shape index (κ2) is 12.1. The number of aryl methyl sites for hydroxylation is 1. The van der Waals surface area contributed by atoms with Gasteiger partial charge in [-0.2, -0.15) is 0 Å². The van der Waals surface area contributed by atoms with E-state index in [-0.39, 0.29) is 17.2 Å². The summed E-state index contributed by atoms with van der Waals surface area (Å²) in [6, 6.07) is -0.323. The molecule has 0 spiro atoms. The van der Waals surface area contributed by atoms with Crippen LogP contribution in [0.5, 0.6) is 0 Å². The van der Waals surface area contributed by atoms with E-state index >= 15 is 0 Å². The molecule has 0 fully saturated rings. The molecule has 2 atom stereocenters. The Bertz CT molecular complexity index is 990. The Labute approximate surface area is 200 Å². The van der Waals surface area contributed by atoms with E-state index in [4.69, 9.17) is 4.99 Å². The van der Waals surface area contributed by atoms with Gasteiger partial charge in [-0.3, -0.25) is 14.4 Å².